The SMILES string of the molecule is CC1NC(=O)C2CC(O)CN2C(=O)NC2CSc3[nH]c4ccccc4c3CC(NC1=O)C(=O)NC(CC(C)(O)CO)C(=O)NC(C(C)C)C(=O)NC(C(O)C(=O)O)C2=O. The Balaban J connectivity index is 1.74. The highest BCUT2D eigenvalue weighted by Crippen LogP contribution is 2.32. The molecule has 10 unspecified atom stereocenters. The maximum Gasteiger partial charge on any atom is 0.335 e. The summed E-state index contributed by atoms with van der Waals surface area (Å²) in [5.74, 6) is -9.14. The van der Waals surface area contributed by atoms with Gasteiger partial charge in [-0.15, -0.1) is 11.8 Å². The minimum atomic E-state index is -2.58. The third kappa shape index (κ3) is 10.3. The van der Waals surface area contributed by atoms with Crippen LogP contribution >= 0.6 is 11.8 Å². The van der Waals surface area contributed by atoms with Gasteiger partial charge in [0, 0.05) is 42.5 Å². The minimum absolute atomic E-state index is 0.266. The van der Waals surface area contributed by atoms with Gasteiger partial charge < -0.3 is 67.3 Å². The summed E-state index contributed by atoms with van der Waals surface area (Å²) in [6.45, 7) is 4.25. The van der Waals surface area contributed by atoms with Crippen molar-refractivity contribution in [1.29, 1.82) is 0 Å². The number of nitrogens with one attached hydrogen (secondary N) is 7. The van der Waals surface area contributed by atoms with Crippen molar-refractivity contribution in [3.8, 4) is 0 Å². The van der Waals surface area contributed by atoms with Gasteiger partial charge in [-0.25, -0.2) is 9.59 Å². The molecule has 0 spiro atoms. The van der Waals surface area contributed by atoms with E-state index < -0.39 is 126 Å². The Morgan fingerprint density at radius 2 is 1.58 bits per heavy atom. The van der Waals surface area contributed by atoms with E-state index in [4.69, 9.17) is 0 Å². The number of rotatable bonds is 6. The number of nitrogens with zero attached hydrogens (tertiary/aromatic N) is 1. The topological polar surface area (TPSA) is 329 Å². The Kier molecular flexibility index (Phi) is 13.9. The predicted octanol–water partition coefficient (Wildman–Crippen LogP) is -3.41. The molecule has 322 valence electrons. The summed E-state index contributed by atoms with van der Waals surface area (Å²) in [5, 5.41) is 67.8. The van der Waals surface area contributed by atoms with Crippen molar-refractivity contribution in [2.24, 2.45) is 5.92 Å². The number of aromatic nitrogens is 1. The van der Waals surface area contributed by atoms with E-state index in [0.717, 1.165) is 16.7 Å². The number of Topliss-reactive ketones (excluding diaryl/α,β-unsaturated/α-hetero) is 1. The molecule has 22 heteroatoms. The van der Waals surface area contributed by atoms with Gasteiger partial charge in [-0.2, -0.15) is 0 Å². The zero-order valence-corrected chi connectivity index (χ0v) is 33.5. The summed E-state index contributed by atoms with van der Waals surface area (Å²) in [5.41, 5.74) is -1.01. The maximum absolute atomic E-state index is 14.5. The van der Waals surface area contributed by atoms with E-state index in [9.17, 15) is 63.9 Å². The molecule has 3 aliphatic heterocycles. The number of aliphatic hydroxyl groups excluding tert-OH is 3. The first-order chi connectivity index (χ1) is 27.7. The minimum Gasteiger partial charge on any atom is -0.479 e. The molecule has 21 nitrogen and oxygen atoms in total. The van der Waals surface area contributed by atoms with E-state index in [1.165, 1.54) is 27.7 Å². The average Bonchev–Trinajstić information content (AvgIpc) is 3.75. The van der Waals surface area contributed by atoms with Crippen molar-refractivity contribution < 1.29 is 63.9 Å². The summed E-state index contributed by atoms with van der Waals surface area (Å²) in [4.78, 5) is 115. The van der Waals surface area contributed by atoms with Gasteiger partial charge in [0.15, 0.2) is 11.9 Å². The van der Waals surface area contributed by atoms with Gasteiger partial charge in [0.05, 0.1) is 23.3 Å². The van der Waals surface area contributed by atoms with Crippen LogP contribution in [0.5, 0.6) is 0 Å². The molecular weight excluding hydrogens is 797 g/mol. The summed E-state index contributed by atoms with van der Waals surface area (Å²) >= 11 is 0.942. The van der Waals surface area contributed by atoms with E-state index in [2.05, 4.69) is 36.9 Å². The molecule has 0 saturated carbocycles. The second-order valence-electron chi connectivity index (χ2n) is 15.7. The monoisotopic (exact) mass is 846 g/mol. The van der Waals surface area contributed by atoms with Crippen LogP contribution in [0, 0.1) is 5.92 Å². The molecule has 4 heterocycles. The number of carbonyl (C=O) groups is 8. The number of hydrogen-bond acceptors (Lipinski definition) is 13. The van der Waals surface area contributed by atoms with Crippen LogP contribution < -0.4 is 31.9 Å². The van der Waals surface area contributed by atoms with Gasteiger partial charge in [0.2, 0.25) is 29.5 Å². The fourth-order valence-corrected chi connectivity index (χ4v) is 8.28. The van der Waals surface area contributed by atoms with Gasteiger partial charge in [-0.05, 0) is 31.4 Å². The molecule has 7 amide bonds. The molecular formula is C37H50N8O13S. The number of aliphatic hydroxyl groups is 4. The standard InChI is InChI=1S/C37H50N8O13S/c1-15(2)25-33(54)44-26(28(49)35(55)56)27(48)23-13-59-34-19(18-7-5-6-8-20(18)41-34)10-21(30(51)40-22(31(52)43-25)11-37(4,58)14-46)39-29(50)16(3)38-32(53)24-9-17(47)12-45(24)36(57)42-23/h5-8,15-17,21-26,28,41,46-47,49,58H,9-14H2,1-4H3,(H,38,53)(H,39,50)(H,40,51)(H,42,57)(H,43,52)(H,44,54)(H,55,56). The van der Waals surface area contributed by atoms with E-state index in [-0.39, 0.29) is 25.1 Å². The summed E-state index contributed by atoms with van der Waals surface area (Å²) < 4.78 is 0. The number of ketones is 1. The number of fused-ring (bicyclic) bond motifs is 5. The molecule has 1 saturated heterocycles. The van der Waals surface area contributed by atoms with Crippen LogP contribution in [0.2, 0.25) is 0 Å². The van der Waals surface area contributed by atoms with Crippen molar-refractivity contribution in [2.45, 2.75) is 112 Å². The number of carboxylic acids is 1. The Bertz CT molecular complexity index is 1990. The number of benzene rings is 1. The Hall–Kier alpha value is -5.29. The molecule has 2 aromatic rings. The van der Waals surface area contributed by atoms with Crippen molar-refractivity contribution >= 4 is 70.0 Å². The number of H-pyrrole nitrogens is 1. The predicted molar refractivity (Wildman–Crippen MR) is 207 cm³/mol. The summed E-state index contributed by atoms with van der Waals surface area (Å²) in [7, 11) is 0. The molecule has 59 heavy (non-hydrogen) atoms. The molecule has 0 radical (unpaired) electrons. The van der Waals surface area contributed by atoms with Crippen molar-refractivity contribution in [3.05, 3.63) is 29.8 Å². The molecule has 5 rings (SSSR count). The number of hydrogen-bond donors (Lipinski definition) is 12. The second kappa shape index (κ2) is 18.3. The molecule has 10 atom stereocenters. The van der Waals surface area contributed by atoms with Gasteiger partial charge in [0.1, 0.15) is 42.3 Å². The van der Waals surface area contributed by atoms with Crippen LogP contribution in [0.1, 0.15) is 46.1 Å². The third-order valence-electron chi connectivity index (χ3n) is 10.5. The molecule has 12 N–H and O–H groups in total. The number of carboxylic acid groups (broad SMARTS) is 1. The van der Waals surface area contributed by atoms with Crippen LogP contribution in [-0.4, -0.2) is 162 Å². The van der Waals surface area contributed by atoms with Gasteiger partial charge in [-0.3, -0.25) is 28.8 Å². The number of urea groups is 1. The molecule has 1 aromatic heterocycles. The number of aromatic amines is 1. The lowest BCUT2D eigenvalue weighted by Gasteiger charge is -2.31. The zero-order chi connectivity index (χ0) is 43.5. The van der Waals surface area contributed by atoms with Gasteiger partial charge in [0.25, 0.3) is 0 Å². The second-order valence-corrected chi connectivity index (χ2v) is 16.7. The number of carbonyl (C=O) groups excluding carboxylic acids is 7. The highest BCUT2D eigenvalue weighted by atomic mass is 32.2. The molecule has 0 aliphatic carbocycles. The van der Waals surface area contributed by atoms with Crippen LogP contribution in [0.25, 0.3) is 10.9 Å². The Labute approximate surface area is 341 Å². The number of para-hydroxylation sites is 1. The maximum atomic E-state index is 14.5. The average molecular weight is 847 g/mol. The Morgan fingerprint density at radius 3 is 2.24 bits per heavy atom. The van der Waals surface area contributed by atoms with Crippen molar-refractivity contribution in [3.63, 3.8) is 0 Å². The summed E-state index contributed by atoms with van der Waals surface area (Å²) in [6, 6.07) is -5.58. The van der Waals surface area contributed by atoms with Gasteiger partial charge >= 0.3 is 12.0 Å². The first-order valence-electron chi connectivity index (χ1n) is 19.0. The fourth-order valence-electron chi connectivity index (χ4n) is 7.15. The summed E-state index contributed by atoms with van der Waals surface area (Å²) in [6.07, 6.45) is -4.94. The first-order valence-corrected chi connectivity index (χ1v) is 20.0. The normalized spacial score (nSPS) is 29.5. The smallest absolute Gasteiger partial charge is 0.335 e. The van der Waals surface area contributed by atoms with Gasteiger partial charge in [-0.1, -0.05) is 32.0 Å². The lowest BCUT2D eigenvalue weighted by Crippen LogP contribution is -2.63. The third-order valence-corrected chi connectivity index (χ3v) is 11.6. The van der Waals surface area contributed by atoms with Crippen LogP contribution in [0.3, 0.4) is 0 Å². The molecule has 1 aromatic carbocycles. The lowest BCUT2D eigenvalue weighted by molar-refractivity contribution is -0.152. The highest BCUT2D eigenvalue weighted by molar-refractivity contribution is 7.99. The van der Waals surface area contributed by atoms with Crippen LogP contribution in [0.4, 0.5) is 4.79 Å². The Morgan fingerprint density at radius 1 is 0.898 bits per heavy atom. The first kappa shape index (κ1) is 44.8. The number of thioether (sulfide) groups is 1. The van der Waals surface area contributed by atoms with Crippen LogP contribution in [-0.2, 0) is 40.0 Å². The zero-order valence-electron chi connectivity index (χ0n) is 32.7. The van der Waals surface area contributed by atoms with E-state index in [1.807, 2.05) is 0 Å². The lowest BCUT2D eigenvalue weighted by atomic mass is 9.95. The van der Waals surface area contributed by atoms with Crippen LogP contribution in [0.15, 0.2) is 29.3 Å². The molecule has 3 aliphatic rings. The highest BCUT2D eigenvalue weighted by Gasteiger charge is 2.45. The van der Waals surface area contributed by atoms with E-state index >= 15 is 0 Å². The number of amides is 7. The van der Waals surface area contributed by atoms with E-state index in [1.54, 1.807) is 24.3 Å². The van der Waals surface area contributed by atoms with Crippen molar-refractivity contribution in [2.75, 3.05) is 18.9 Å². The van der Waals surface area contributed by atoms with E-state index in [0.29, 0.717) is 21.5 Å². The quantitative estimate of drug-likeness (QED) is 0.135. The molecule has 2 bridgehead atoms. The largest absolute Gasteiger partial charge is 0.479 e. The fraction of sp³-hybridized carbons (Fsp3) is 0.568. The van der Waals surface area contributed by atoms with Crippen molar-refractivity contribution in [1.82, 2.24) is 41.8 Å². The number of aliphatic carboxylic acids is 1. The molecule has 1 fully saturated rings.